The number of nitrogens with zero attached hydrogens (tertiary/aromatic N) is 1. The maximum absolute atomic E-state index is 6.90. The maximum Gasteiger partial charge on any atom is 0.143 e. The summed E-state index contributed by atoms with van der Waals surface area (Å²) in [5.41, 5.74) is 12.4. The van der Waals surface area contributed by atoms with Crippen LogP contribution in [0.5, 0.6) is 0 Å². The molecule has 0 amide bonds. The maximum atomic E-state index is 6.90. The summed E-state index contributed by atoms with van der Waals surface area (Å²) < 4.78 is 19.9. The molecule has 8 aromatic carbocycles. The van der Waals surface area contributed by atoms with Crippen LogP contribution in [0.1, 0.15) is 0 Å². The third-order valence-corrected chi connectivity index (χ3v) is 10.3. The molecule has 0 spiro atoms. The van der Waals surface area contributed by atoms with E-state index in [2.05, 4.69) is 138 Å². The number of anilines is 3. The van der Waals surface area contributed by atoms with Crippen LogP contribution in [-0.2, 0) is 0 Å². The SMILES string of the molecule is c1ccc(-c2ccc(N(c3ccccc3)c3cc(-c4cccc5c4oc4ccccc45)c4oc5ccc6oc7ccccc7c6c5c4c3)cc2)cc1. The molecule has 3 heterocycles. The van der Waals surface area contributed by atoms with Gasteiger partial charge in [-0.05, 0) is 71.8 Å². The number of hydrogen-bond donors (Lipinski definition) is 0. The van der Waals surface area contributed by atoms with Crippen LogP contribution in [0.4, 0.5) is 17.1 Å². The molecule has 0 unspecified atom stereocenters. The van der Waals surface area contributed by atoms with Crippen molar-refractivity contribution in [2.24, 2.45) is 0 Å². The van der Waals surface area contributed by atoms with E-state index in [0.29, 0.717) is 0 Å². The highest BCUT2D eigenvalue weighted by Gasteiger charge is 2.24. The third-order valence-electron chi connectivity index (χ3n) is 10.3. The Morgan fingerprint density at radius 3 is 1.65 bits per heavy atom. The zero-order valence-electron chi connectivity index (χ0n) is 27.9. The lowest BCUT2D eigenvalue weighted by Crippen LogP contribution is -2.10. The van der Waals surface area contributed by atoms with Crippen LogP contribution in [0.15, 0.2) is 189 Å². The van der Waals surface area contributed by atoms with Crippen molar-refractivity contribution in [1.29, 1.82) is 0 Å². The average Bonchev–Trinajstić information content (AvgIpc) is 3.90. The first kappa shape index (κ1) is 28.8. The first-order valence-corrected chi connectivity index (χ1v) is 17.5. The second kappa shape index (κ2) is 11.2. The summed E-state index contributed by atoms with van der Waals surface area (Å²) in [6.07, 6.45) is 0. The molecule has 52 heavy (non-hydrogen) atoms. The molecule has 244 valence electrons. The summed E-state index contributed by atoms with van der Waals surface area (Å²) in [6.45, 7) is 0. The Bertz CT molecular complexity index is 3110. The summed E-state index contributed by atoms with van der Waals surface area (Å²) in [5.74, 6) is 0. The Kier molecular flexibility index (Phi) is 6.22. The van der Waals surface area contributed by atoms with Crippen LogP contribution in [0.3, 0.4) is 0 Å². The average molecular weight is 668 g/mol. The lowest BCUT2D eigenvalue weighted by atomic mass is 9.97. The molecule has 0 aliphatic rings. The van der Waals surface area contributed by atoms with Crippen molar-refractivity contribution in [3.63, 3.8) is 0 Å². The topological polar surface area (TPSA) is 42.7 Å². The highest BCUT2D eigenvalue weighted by molar-refractivity contribution is 6.27. The first-order chi connectivity index (χ1) is 25.8. The van der Waals surface area contributed by atoms with Gasteiger partial charge in [0.05, 0.1) is 0 Å². The fourth-order valence-electron chi connectivity index (χ4n) is 7.92. The zero-order valence-corrected chi connectivity index (χ0v) is 27.9. The Balaban J connectivity index is 1.24. The van der Waals surface area contributed by atoms with E-state index in [4.69, 9.17) is 13.3 Å². The highest BCUT2D eigenvalue weighted by atomic mass is 16.3. The second-order valence-corrected chi connectivity index (χ2v) is 13.2. The zero-order chi connectivity index (χ0) is 34.2. The van der Waals surface area contributed by atoms with Crippen molar-refractivity contribution in [3.8, 4) is 22.3 Å². The minimum Gasteiger partial charge on any atom is -0.456 e. The fraction of sp³-hybridized carbons (Fsp3) is 0. The van der Waals surface area contributed by atoms with E-state index < -0.39 is 0 Å². The van der Waals surface area contributed by atoms with E-state index in [1.807, 2.05) is 42.5 Å². The Hall–Kier alpha value is -7.04. The van der Waals surface area contributed by atoms with Gasteiger partial charge in [0.15, 0.2) is 0 Å². The fourth-order valence-corrected chi connectivity index (χ4v) is 7.92. The third kappa shape index (κ3) is 4.34. The largest absolute Gasteiger partial charge is 0.456 e. The summed E-state index contributed by atoms with van der Waals surface area (Å²) in [6, 6.07) is 61.3. The Labute approximate surface area is 298 Å². The second-order valence-electron chi connectivity index (χ2n) is 13.2. The molecule has 0 saturated heterocycles. The van der Waals surface area contributed by atoms with Crippen molar-refractivity contribution in [2.45, 2.75) is 0 Å². The van der Waals surface area contributed by atoms with Gasteiger partial charge in [-0.15, -0.1) is 0 Å². The summed E-state index contributed by atoms with van der Waals surface area (Å²) in [7, 11) is 0. The van der Waals surface area contributed by atoms with Crippen molar-refractivity contribution in [3.05, 3.63) is 176 Å². The molecule has 11 rings (SSSR count). The number of hydrogen-bond acceptors (Lipinski definition) is 4. The number of para-hydroxylation sites is 4. The van der Waals surface area contributed by atoms with Crippen LogP contribution in [0.25, 0.3) is 88.1 Å². The quantitative estimate of drug-likeness (QED) is 0.183. The van der Waals surface area contributed by atoms with Crippen molar-refractivity contribution in [1.82, 2.24) is 0 Å². The van der Waals surface area contributed by atoms with Crippen LogP contribution >= 0.6 is 0 Å². The van der Waals surface area contributed by atoms with E-state index >= 15 is 0 Å². The lowest BCUT2D eigenvalue weighted by Gasteiger charge is -2.26. The van der Waals surface area contributed by atoms with Crippen molar-refractivity contribution in [2.75, 3.05) is 4.90 Å². The molecule has 11 aromatic rings. The van der Waals surface area contributed by atoms with E-state index in [9.17, 15) is 0 Å². The molecular formula is C48H29NO3. The molecule has 3 aromatic heterocycles. The number of rotatable bonds is 5. The summed E-state index contributed by atoms with van der Waals surface area (Å²) in [4.78, 5) is 2.32. The van der Waals surface area contributed by atoms with Gasteiger partial charge in [0.1, 0.15) is 33.5 Å². The minimum atomic E-state index is 0.803. The molecule has 4 heteroatoms. The van der Waals surface area contributed by atoms with E-state index in [-0.39, 0.29) is 0 Å². The standard InChI is InChI=1S/C48H29NO3/c1-3-12-30(13-4-1)31-22-24-33(25-23-31)49(32-14-5-2-6-15-32)34-28-39(37-19-11-18-36-35-16-7-9-20-41(35)51-47(36)37)48-40(29-34)46-44(52-48)27-26-43-45(46)38-17-8-10-21-42(38)50-43/h1-29H. The van der Waals surface area contributed by atoms with Gasteiger partial charge in [0, 0.05) is 60.5 Å². The number of furan rings is 3. The van der Waals surface area contributed by atoms with Crippen LogP contribution in [0, 0.1) is 0 Å². The number of benzene rings is 8. The van der Waals surface area contributed by atoms with Crippen LogP contribution in [-0.4, -0.2) is 0 Å². The molecule has 4 nitrogen and oxygen atoms in total. The molecule has 0 atom stereocenters. The van der Waals surface area contributed by atoms with Crippen molar-refractivity contribution < 1.29 is 13.3 Å². The van der Waals surface area contributed by atoms with Gasteiger partial charge < -0.3 is 18.2 Å². The first-order valence-electron chi connectivity index (χ1n) is 17.5. The number of fused-ring (bicyclic) bond motifs is 10. The summed E-state index contributed by atoms with van der Waals surface area (Å²) >= 11 is 0. The molecule has 0 aliphatic carbocycles. The predicted octanol–water partition coefficient (Wildman–Crippen LogP) is 14.2. The predicted molar refractivity (Wildman–Crippen MR) is 214 cm³/mol. The summed E-state index contributed by atoms with van der Waals surface area (Å²) in [5, 5.41) is 6.32. The van der Waals surface area contributed by atoms with Crippen LogP contribution < -0.4 is 4.90 Å². The van der Waals surface area contributed by atoms with Gasteiger partial charge in [-0.2, -0.15) is 0 Å². The molecule has 0 bridgehead atoms. The Morgan fingerprint density at radius 1 is 0.308 bits per heavy atom. The van der Waals surface area contributed by atoms with Crippen molar-refractivity contribution >= 4 is 82.9 Å². The van der Waals surface area contributed by atoms with E-state index in [1.54, 1.807) is 0 Å². The molecule has 0 saturated carbocycles. The minimum absolute atomic E-state index is 0.803. The lowest BCUT2D eigenvalue weighted by molar-refractivity contribution is 0.662. The van der Waals surface area contributed by atoms with Gasteiger partial charge in [0.25, 0.3) is 0 Å². The van der Waals surface area contributed by atoms with Gasteiger partial charge in [0.2, 0.25) is 0 Å². The molecule has 0 fully saturated rings. The van der Waals surface area contributed by atoms with E-state index in [0.717, 1.165) is 94.0 Å². The smallest absolute Gasteiger partial charge is 0.143 e. The monoisotopic (exact) mass is 667 g/mol. The highest BCUT2D eigenvalue weighted by Crippen LogP contribution is 2.48. The van der Waals surface area contributed by atoms with Gasteiger partial charge >= 0.3 is 0 Å². The van der Waals surface area contributed by atoms with Gasteiger partial charge in [-0.25, -0.2) is 0 Å². The molecule has 0 N–H and O–H groups in total. The Morgan fingerprint density at radius 2 is 0.865 bits per heavy atom. The van der Waals surface area contributed by atoms with Gasteiger partial charge in [-0.3, -0.25) is 0 Å². The van der Waals surface area contributed by atoms with Gasteiger partial charge in [-0.1, -0.05) is 115 Å². The molecular weight excluding hydrogens is 639 g/mol. The molecule has 0 aliphatic heterocycles. The van der Waals surface area contributed by atoms with Crippen LogP contribution in [0.2, 0.25) is 0 Å². The normalized spacial score (nSPS) is 11.8. The molecule has 0 radical (unpaired) electrons. The van der Waals surface area contributed by atoms with E-state index in [1.165, 1.54) is 11.1 Å².